The normalized spacial score (nSPS) is 17.1. The minimum atomic E-state index is -0.166. The zero-order valence-corrected chi connectivity index (χ0v) is 15.0. The van der Waals surface area contributed by atoms with Crippen LogP contribution in [0.25, 0.3) is 5.65 Å². The summed E-state index contributed by atoms with van der Waals surface area (Å²) in [6.45, 7) is 8.43. The van der Waals surface area contributed by atoms with E-state index in [9.17, 15) is 4.79 Å². The maximum absolute atomic E-state index is 12.7. The van der Waals surface area contributed by atoms with Crippen molar-refractivity contribution in [2.45, 2.75) is 32.7 Å². The smallest absolute Gasteiger partial charge is 0.273 e. The Morgan fingerprint density at radius 2 is 1.88 bits per heavy atom. The molecule has 1 aliphatic heterocycles. The monoisotopic (exact) mass is 345 g/mol. The second kappa shape index (κ2) is 8.40. The Hall–Kier alpha value is -1.99. The van der Waals surface area contributed by atoms with Gasteiger partial charge in [-0.15, -0.1) is 0 Å². The van der Waals surface area contributed by atoms with Crippen molar-refractivity contribution < 1.29 is 9.53 Å². The highest BCUT2D eigenvalue weighted by Gasteiger charge is 2.27. The number of carbonyl (C=O) groups excluding carboxylic acids is 1. The minimum Gasteiger partial charge on any atom is -0.379 e. The Morgan fingerprint density at radius 1 is 1.20 bits per heavy atom. The Balaban J connectivity index is 1.71. The number of hydrogen-bond acceptors (Lipinski definition) is 5. The minimum absolute atomic E-state index is 0.166. The summed E-state index contributed by atoms with van der Waals surface area (Å²) in [5.41, 5.74) is 0.961. The third-order valence-electron chi connectivity index (χ3n) is 5.11. The van der Waals surface area contributed by atoms with Crippen LogP contribution < -0.4 is 5.32 Å². The van der Waals surface area contributed by atoms with Crippen LogP contribution in [-0.4, -0.2) is 64.1 Å². The van der Waals surface area contributed by atoms with Gasteiger partial charge in [0.15, 0.2) is 11.3 Å². The van der Waals surface area contributed by atoms with Crippen LogP contribution in [0.15, 0.2) is 24.8 Å². The number of carbonyl (C=O) groups is 1. The molecule has 1 saturated heterocycles. The van der Waals surface area contributed by atoms with Gasteiger partial charge in [-0.3, -0.25) is 9.69 Å². The summed E-state index contributed by atoms with van der Waals surface area (Å²) in [6.07, 6.45) is 9.11. The molecule has 1 fully saturated rings. The van der Waals surface area contributed by atoms with E-state index in [-0.39, 0.29) is 5.91 Å². The lowest BCUT2D eigenvalue weighted by atomic mass is 9.92. The molecule has 7 heteroatoms. The molecular formula is C18H27N5O2. The van der Waals surface area contributed by atoms with Crippen LogP contribution >= 0.6 is 0 Å². The predicted molar refractivity (Wildman–Crippen MR) is 95.6 cm³/mol. The molecule has 1 N–H and O–H groups in total. The topological polar surface area (TPSA) is 71.8 Å². The van der Waals surface area contributed by atoms with Gasteiger partial charge in [-0.25, -0.2) is 9.97 Å². The maximum Gasteiger partial charge on any atom is 0.273 e. The number of hydrogen-bond donors (Lipinski definition) is 1. The lowest BCUT2D eigenvalue weighted by Gasteiger charge is -2.38. The average molecular weight is 345 g/mol. The number of imidazole rings is 1. The number of aromatic nitrogens is 3. The third kappa shape index (κ3) is 3.99. The SMILES string of the molecule is CCC(CC)[C@H](CNC(=O)c1nccn2ccnc12)N1CCOCC1. The molecule has 0 spiro atoms. The molecule has 0 aromatic carbocycles. The van der Waals surface area contributed by atoms with Crippen molar-refractivity contribution in [3.63, 3.8) is 0 Å². The Labute approximate surface area is 148 Å². The maximum atomic E-state index is 12.7. The second-order valence-electron chi connectivity index (χ2n) is 6.44. The first-order valence-electron chi connectivity index (χ1n) is 9.12. The number of morpholine rings is 1. The van der Waals surface area contributed by atoms with Crippen LogP contribution in [0.5, 0.6) is 0 Å². The largest absolute Gasteiger partial charge is 0.379 e. The Morgan fingerprint density at radius 3 is 2.56 bits per heavy atom. The van der Waals surface area contributed by atoms with E-state index < -0.39 is 0 Å². The van der Waals surface area contributed by atoms with Gasteiger partial charge in [0, 0.05) is 50.5 Å². The summed E-state index contributed by atoms with van der Waals surface area (Å²) < 4.78 is 7.29. The fourth-order valence-corrected chi connectivity index (χ4v) is 3.63. The van der Waals surface area contributed by atoms with Crippen molar-refractivity contribution >= 4 is 11.6 Å². The molecule has 0 aliphatic carbocycles. The van der Waals surface area contributed by atoms with E-state index in [0.717, 1.165) is 39.1 Å². The van der Waals surface area contributed by atoms with Crippen molar-refractivity contribution in [3.05, 3.63) is 30.5 Å². The molecule has 1 amide bonds. The van der Waals surface area contributed by atoms with Crippen LogP contribution in [0.1, 0.15) is 37.2 Å². The molecule has 2 aromatic heterocycles. The van der Waals surface area contributed by atoms with Gasteiger partial charge in [0.05, 0.1) is 13.2 Å². The molecule has 25 heavy (non-hydrogen) atoms. The summed E-state index contributed by atoms with van der Waals surface area (Å²) in [5, 5.41) is 3.09. The van der Waals surface area contributed by atoms with Gasteiger partial charge in [0.25, 0.3) is 5.91 Å². The zero-order chi connectivity index (χ0) is 17.6. The molecule has 0 radical (unpaired) electrons. The molecule has 0 unspecified atom stereocenters. The van der Waals surface area contributed by atoms with Crippen LogP contribution in [0, 0.1) is 5.92 Å². The summed E-state index contributed by atoms with van der Waals surface area (Å²) in [5.74, 6) is 0.384. The fraction of sp³-hybridized carbons (Fsp3) is 0.611. The Bertz CT molecular complexity index is 692. The summed E-state index contributed by atoms with van der Waals surface area (Å²) >= 11 is 0. The first-order valence-corrected chi connectivity index (χ1v) is 9.12. The van der Waals surface area contributed by atoms with Gasteiger partial charge in [0.1, 0.15) is 0 Å². The molecule has 2 aromatic rings. The quantitative estimate of drug-likeness (QED) is 0.825. The Kier molecular flexibility index (Phi) is 5.99. The number of nitrogens with zero attached hydrogens (tertiary/aromatic N) is 4. The number of rotatable bonds is 7. The molecule has 7 nitrogen and oxygen atoms in total. The summed E-state index contributed by atoms with van der Waals surface area (Å²) in [6, 6.07) is 0.322. The highest BCUT2D eigenvalue weighted by molar-refractivity contribution is 5.97. The number of amides is 1. The second-order valence-corrected chi connectivity index (χ2v) is 6.44. The highest BCUT2D eigenvalue weighted by Crippen LogP contribution is 2.19. The van der Waals surface area contributed by atoms with Crippen molar-refractivity contribution in [2.24, 2.45) is 5.92 Å². The third-order valence-corrected chi connectivity index (χ3v) is 5.11. The molecule has 0 bridgehead atoms. The first-order chi connectivity index (χ1) is 12.2. The lowest BCUT2D eigenvalue weighted by molar-refractivity contribution is 0.00190. The molecule has 1 atom stereocenters. The first kappa shape index (κ1) is 17.8. The van der Waals surface area contributed by atoms with Gasteiger partial charge in [-0.2, -0.15) is 0 Å². The number of nitrogens with one attached hydrogen (secondary N) is 1. The van der Waals surface area contributed by atoms with Crippen LogP contribution in [0.4, 0.5) is 0 Å². The van der Waals surface area contributed by atoms with E-state index in [1.54, 1.807) is 18.6 Å². The molecule has 136 valence electrons. The van der Waals surface area contributed by atoms with E-state index in [1.165, 1.54) is 0 Å². The lowest BCUT2D eigenvalue weighted by Crippen LogP contribution is -2.52. The summed E-state index contributed by atoms with van der Waals surface area (Å²) in [4.78, 5) is 23.6. The van der Waals surface area contributed by atoms with E-state index in [0.29, 0.717) is 29.8 Å². The number of ether oxygens (including phenoxy) is 1. The van der Waals surface area contributed by atoms with Crippen molar-refractivity contribution in [1.82, 2.24) is 24.6 Å². The molecule has 1 aliphatic rings. The van der Waals surface area contributed by atoms with Crippen molar-refractivity contribution in [2.75, 3.05) is 32.8 Å². The number of fused-ring (bicyclic) bond motifs is 1. The van der Waals surface area contributed by atoms with E-state index >= 15 is 0 Å². The summed E-state index contributed by atoms with van der Waals surface area (Å²) in [7, 11) is 0. The standard InChI is InChI=1S/C18H27N5O2/c1-3-14(4-2)15(22-9-11-25-12-10-22)13-21-18(24)16-17-20-6-8-23(17)7-5-19-16/h5-8,14-15H,3-4,9-13H2,1-2H3,(H,21,24)/t15-/m0/s1. The van der Waals surface area contributed by atoms with Gasteiger partial charge < -0.3 is 14.5 Å². The molecule has 0 saturated carbocycles. The van der Waals surface area contributed by atoms with Crippen molar-refractivity contribution in [1.29, 1.82) is 0 Å². The van der Waals surface area contributed by atoms with Crippen molar-refractivity contribution in [3.8, 4) is 0 Å². The predicted octanol–water partition coefficient (Wildman–Crippen LogP) is 1.60. The molecule has 3 rings (SSSR count). The highest BCUT2D eigenvalue weighted by atomic mass is 16.5. The van der Waals surface area contributed by atoms with Crippen LogP contribution in [0.3, 0.4) is 0 Å². The van der Waals surface area contributed by atoms with E-state index in [1.807, 2.05) is 10.6 Å². The molecular weight excluding hydrogens is 318 g/mol. The van der Waals surface area contributed by atoms with Gasteiger partial charge in [-0.05, 0) is 5.92 Å². The van der Waals surface area contributed by atoms with Gasteiger partial charge in [-0.1, -0.05) is 26.7 Å². The zero-order valence-electron chi connectivity index (χ0n) is 15.0. The van der Waals surface area contributed by atoms with Crippen LogP contribution in [-0.2, 0) is 4.74 Å². The van der Waals surface area contributed by atoms with E-state index in [4.69, 9.17) is 4.74 Å². The van der Waals surface area contributed by atoms with E-state index in [2.05, 4.69) is 34.0 Å². The fourth-order valence-electron chi connectivity index (χ4n) is 3.63. The van der Waals surface area contributed by atoms with Gasteiger partial charge >= 0.3 is 0 Å². The van der Waals surface area contributed by atoms with Crippen LogP contribution in [0.2, 0.25) is 0 Å². The molecule has 3 heterocycles. The average Bonchev–Trinajstić information content (AvgIpc) is 3.14. The van der Waals surface area contributed by atoms with Gasteiger partial charge in [0.2, 0.25) is 0 Å².